The van der Waals surface area contributed by atoms with E-state index >= 15 is 0 Å². The second-order valence-electron chi connectivity index (χ2n) is 5.05. The number of nitrogens with zero attached hydrogens (tertiary/aromatic N) is 1. The lowest BCUT2D eigenvalue weighted by molar-refractivity contribution is 0.447. The smallest absolute Gasteiger partial charge is 0.0481 e. The molecule has 0 amide bonds. The summed E-state index contributed by atoms with van der Waals surface area (Å²) in [5.41, 5.74) is 3.97. The highest BCUT2D eigenvalue weighted by atomic mass is 15.0. The second kappa shape index (κ2) is 3.63. The van der Waals surface area contributed by atoms with Crippen LogP contribution in [0.4, 0.5) is 0 Å². The van der Waals surface area contributed by atoms with E-state index in [1.165, 1.54) is 22.0 Å². The van der Waals surface area contributed by atoms with E-state index in [-0.39, 0.29) is 5.54 Å². The Hall–Kier alpha value is -1.28. The van der Waals surface area contributed by atoms with Crippen LogP contribution in [0.15, 0.2) is 24.4 Å². The predicted octanol–water partition coefficient (Wildman–Crippen LogP) is 2.94. The molecule has 2 aromatic rings. The summed E-state index contributed by atoms with van der Waals surface area (Å²) in [6.45, 7) is 6.57. The first-order chi connectivity index (χ1) is 7.45. The molecule has 0 unspecified atom stereocenters. The molecule has 1 aromatic heterocycles. The molecule has 2 nitrogen and oxygen atoms in total. The maximum absolute atomic E-state index is 3.37. The van der Waals surface area contributed by atoms with Crippen molar-refractivity contribution in [1.82, 2.24) is 9.88 Å². The van der Waals surface area contributed by atoms with Gasteiger partial charge in [-0.15, -0.1) is 0 Å². The summed E-state index contributed by atoms with van der Waals surface area (Å²) in [5.74, 6) is 0. The molecule has 0 aliphatic carbocycles. The highest BCUT2D eigenvalue weighted by Crippen LogP contribution is 2.30. The Morgan fingerprint density at radius 3 is 2.56 bits per heavy atom. The highest BCUT2D eigenvalue weighted by molar-refractivity contribution is 5.85. The third-order valence-corrected chi connectivity index (χ3v) is 3.44. The van der Waals surface area contributed by atoms with Crippen LogP contribution in [-0.2, 0) is 12.6 Å². The molecule has 2 rings (SSSR count). The van der Waals surface area contributed by atoms with Crippen molar-refractivity contribution in [2.75, 3.05) is 7.05 Å². The number of aromatic nitrogens is 1. The average molecular weight is 216 g/mol. The normalized spacial score (nSPS) is 12.3. The van der Waals surface area contributed by atoms with Crippen LogP contribution in [0.1, 0.15) is 25.0 Å². The third-order valence-electron chi connectivity index (χ3n) is 3.44. The van der Waals surface area contributed by atoms with Crippen molar-refractivity contribution in [1.29, 1.82) is 0 Å². The lowest BCUT2D eigenvalue weighted by atomic mass is 9.93. The van der Waals surface area contributed by atoms with E-state index in [2.05, 4.69) is 62.1 Å². The summed E-state index contributed by atoms with van der Waals surface area (Å²) in [6, 6.07) is 6.63. The molecule has 2 heteroatoms. The van der Waals surface area contributed by atoms with Gasteiger partial charge in [0.2, 0.25) is 0 Å². The predicted molar refractivity (Wildman–Crippen MR) is 69.7 cm³/mol. The van der Waals surface area contributed by atoms with Gasteiger partial charge in [-0.05, 0) is 45.5 Å². The Morgan fingerprint density at radius 1 is 1.25 bits per heavy atom. The van der Waals surface area contributed by atoms with E-state index in [9.17, 15) is 0 Å². The topological polar surface area (TPSA) is 17.0 Å². The van der Waals surface area contributed by atoms with E-state index in [1.54, 1.807) is 0 Å². The van der Waals surface area contributed by atoms with Crippen LogP contribution in [0.3, 0.4) is 0 Å². The molecule has 0 saturated carbocycles. The largest absolute Gasteiger partial charge is 0.350 e. The molecule has 0 radical (unpaired) electrons. The van der Waals surface area contributed by atoms with E-state index in [1.807, 2.05) is 7.05 Å². The molecule has 0 bridgehead atoms. The van der Waals surface area contributed by atoms with Crippen LogP contribution in [0.25, 0.3) is 10.9 Å². The molecule has 0 spiro atoms. The van der Waals surface area contributed by atoms with Crippen molar-refractivity contribution in [3.05, 3.63) is 35.5 Å². The lowest BCUT2D eigenvalue weighted by Crippen LogP contribution is -2.32. The maximum atomic E-state index is 3.37. The van der Waals surface area contributed by atoms with Crippen molar-refractivity contribution >= 4 is 10.9 Å². The molecule has 1 heterocycles. The van der Waals surface area contributed by atoms with Crippen LogP contribution in [-0.4, -0.2) is 11.6 Å². The van der Waals surface area contributed by atoms with Gasteiger partial charge in [-0.2, -0.15) is 0 Å². The summed E-state index contributed by atoms with van der Waals surface area (Å²) in [6.07, 6.45) is 2.22. The standard InChI is InChI=1S/C14H20N2/c1-10-6-7-13-11(8-10)12(9-16(13)5)14(2,3)15-4/h6-9,15H,1-5H3. The molecular weight excluding hydrogens is 196 g/mol. The fraction of sp³-hybridized carbons (Fsp3) is 0.429. The van der Waals surface area contributed by atoms with Crippen molar-refractivity contribution in [3.63, 3.8) is 0 Å². The van der Waals surface area contributed by atoms with Crippen molar-refractivity contribution in [3.8, 4) is 0 Å². The van der Waals surface area contributed by atoms with Crippen LogP contribution in [0, 0.1) is 6.92 Å². The number of hydrogen-bond donors (Lipinski definition) is 1. The zero-order valence-electron chi connectivity index (χ0n) is 10.8. The van der Waals surface area contributed by atoms with Crippen molar-refractivity contribution < 1.29 is 0 Å². The molecule has 0 atom stereocenters. The van der Waals surface area contributed by atoms with Crippen molar-refractivity contribution in [2.24, 2.45) is 7.05 Å². The monoisotopic (exact) mass is 216 g/mol. The average Bonchev–Trinajstić information content (AvgIpc) is 2.56. The Bertz CT molecular complexity index is 521. The fourth-order valence-corrected chi connectivity index (χ4v) is 2.14. The summed E-state index contributed by atoms with van der Waals surface area (Å²) in [5, 5.41) is 4.72. The van der Waals surface area contributed by atoms with Crippen LogP contribution in [0.5, 0.6) is 0 Å². The molecule has 0 fully saturated rings. The van der Waals surface area contributed by atoms with E-state index in [4.69, 9.17) is 0 Å². The van der Waals surface area contributed by atoms with E-state index in [0.29, 0.717) is 0 Å². The molecule has 0 aliphatic heterocycles. The van der Waals surface area contributed by atoms with Gasteiger partial charge in [-0.1, -0.05) is 11.6 Å². The van der Waals surface area contributed by atoms with Gasteiger partial charge in [-0.25, -0.2) is 0 Å². The number of benzene rings is 1. The number of nitrogens with one attached hydrogen (secondary N) is 1. The van der Waals surface area contributed by atoms with E-state index < -0.39 is 0 Å². The first kappa shape index (κ1) is 11.2. The minimum absolute atomic E-state index is 0.00725. The highest BCUT2D eigenvalue weighted by Gasteiger charge is 2.22. The zero-order chi connectivity index (χ0) is 11.9. The molecule has 1 N–H and O–H groups in total. The van der Waals surface area contributed by atoms with Gasteiger partial charge in [0.25, 0.3) is 0 Å². The summed E-state index contributed by atoms with van der Waals surface area (Å²) in [4.78, 5) is 0. The molecule has 16 heavy (non-hydrogen) atoms. The molecule has 0 aliphatic rings. The van der Waals surface area contributed by atoms with Gasteiger partial charge >= 0.3 is 0 Å². The molecule has 86 valence electrons. The maximum Gasteiger partial charge on any atom is 0.0481 e. The van der Waals surface area contributed by atoms with Gasteiger partial charge < -0.3 is 9.88 Å². The summed E-state index contributed by atoms with van der Waals surface area (Å²) < 4.78 is 2.20. The fourth-order valence-electron chi connectivity index (χ4n) is 2.14. The Balaban J connectivity index is 2.75. The number of aryl methyl sites for hydroxylation is 2. The van der Waals surface area contributed by atoms with Gasteiger partial charge in [0.1, 0.15) is 0 Å². The first-order valence-electron chi connectivity index (χ1n) is 5.71. The number of fused-ring (bicyclic) bond motifs is 1. The van der Waals surface area contributed by atoms with Crippen LogP contribution in [0.2, 0.25) is 0 Å². The number of hydrogen-bond acceptors (Lipinski definition) is 1. The minimum atomic E-state index is 0.00725. The zero-order valence-corrected chi connectivity index (χ0v) is 10.8. The minimum Gasteiger partial charge on any atom is -0.350 e. The third kappa shape index (κ3) is 1.63. The first-order valence-corrected chi connectivity index (χ1v) is 5.71. The SMILES string of the molecule is CNC(C)(C)c1cn(C)c2ccc(C)cc12. The summed E-state index contributed by atoms with van der Waals surface area (Å²) in [7, 11) is 4.11. The van der Waals surface area contributed by atoms with Gasteiger partial charge in [0, 0.05) is 29.7 Å². The van der Waals surface area contributed by atoms with Gasteiger partial charge in [0.15, 0.2) is 0 Å². The Morgan fingerprint density at radius 2 is 1.94 bits per heavy atom. The number of rotatable bonds is 2. The van der Waals surface area contributed by atoms with Gasteiger partial charge in [-0.3, -0.25) is 0 Å². The van der Waals surface area contributed by atoms with Crippen molar-refractivity contribution in [2.45, 2.75) is 26.3 Å². The van der Waals surface area contributed by atoms with Crippen LogP contribution >= 0.6 is 0 Å². The Kier molecular flexibility index (Phi) is 2.55. The molecule has 1 aromatic carbocycles. The lowest BCUT2D eigenvalue weighted by Gasteiger charge is -2.23. The quantitative estimate of drug-likeness (QED) is 0.816. The Labute approximate surface area is 97.3 Å². The molecule has 0 saturated heterocycles. The van der Waals surface area contributed by atoms with Crippen LogP contribution < -0.4 is 5.32 Å². The molecular formula is C14H20N2. The second-order valence-corrected chi connectivity index (χ2v) is 5.05. The summed E-state index contributed by atoms with van der Waals surface area (Å²) >= 11 is 0. The van der Waals surface area contributed by atoms with Gasteiger partial charge in [0.05, 0.1) is 0 Å². The van der Waals surface area contributed by atoms with E-state index in [0.717, 1.165) is 0 Å².